The first-order valence-electron chi connectivity index (χ1n) is 7.54. The maximum absolute atomic E-state index is 11.7. The molecule has 6 heteroatoms. The molecule has 1 atom stereocenters. The number of nitrogens with one attached hydrogen (secondary N) is 1. The van der Waals surface area contributed by atoms with Gasteiger partial charge < -0.3 is 15.8 Å². The van der Waals surface area contributed by atoms with Crippen LogP contribution in [-0.4, -0.2) is 36.7 Å². The lowest BCUT2D eigenvalue weighted by molar-refractivity contribution is -0.118. The molecule has 3 N–H and O–H groups in total. The molecule has 0 bridgehead atoms. The van der Waals surface area contributed by atoms with E-state index in [0.717, 1.165) is 30.9 Å². The molecule has 2 rings (SSSR count). The van der Waals surface area contributed by atoms with Gasteiger partial charge in [-0.3, -0.25) is 4.79 Å². The number of hydrogen-bond acceptors (Lipinski definition) is 4. The van der Waals surface area contributed by atoms with Gasteiger partial charge >= 0.3 is 0 Å². The Balaban J connectivity index is 0.00000242. The molecule has 1 fully saturated rings. The predicted octanol–water partition coefficient (Wildman–Crippen LogP) is 2.65. The van der Waals surface area contributed by atoms with Crippen LogP contribution in [-0.2, 0) is 16.0 Å². The highest BCUT2D eigenvalue weighted by Crippen LogP contribution is 2.16. The van der Waals surface area contributed by atoms with Crippen molar-refractivity contribution in [3.05, 3.63) is 29.8 Å². The van der Waals surface area contributed by atoms with Crippen LogP contribution in [0.1, 0.15) is 24.8 Å². The summed E-state index contributed by atoms with van der Waals surface area (Å²) in [6.45, 7) is 1.54. The molecule has 1 saturated heterocycles. The average Bonchev–Trinajstić information content (AvgIpc) is 2.50. The summed E-state index contributed by atoms with van der Waals surface area (Å²) in [5.74, 6) is 1.54. The fourth-order valence-electron chi connectivity index (χ4n) is 2.30. The fraction of sp³-hybridized carbons (Fsp3) is 0.562. The van der Waals surface area contributed by atoms with Crippen LogP contribution in [0.3, 0.4) is 0 Å². The van der Waals surface area contributed by atoms with E-state index in [9.17, 15) is 4.79 Å². The van der Waals surface area contributed by atoms with Crippen LogP contribution in [0.25, 0.3) is 0 Å². The van der Waals surface area contributed by atoms with Crippen molar-refractivity contribution < 1.29 is 9.53 Å². The molecule has 0 saturated carbocycles. The Kier molecular flexibility index (Phi) is 9.36. The van der Waals surface area contributed by atoms with Crippen molar-refractivity contribution >= 4 is 35.8 Å². The summed E-state index contributed by atoms with van der Waals surface area (Å²) >= 11 is 1.66. The zero-order chi connectivity index (χ0) is 14.9. The van der Waals surface area contributed by atoms with Gasteiger partial charge in [0.25, 0.3) is 0 Å². The summed E-state index contributed by atoms with van der Waals surface area (Å²) in [6.07, 6.45) is 4.73. The number of carbonyl (C=O) groups excluding carboxylic acids is 1. The summed E-state index contributed by atoms with van der Waals surface area (Å²) in [7, 11) is 0. The highest BCUT2D eigenvalue weighted by atomic mass is 35.5. The molecule has 124 valence electrons. The van der Waals surface area contributed by atoms with Crippen molar-refractivity contribution in [3.8, 4) is 0 Å². The molecule has 0 aromatic heterocycles. The van der Waals surface area contributed by atoms with Gasteiger partial charge in [0.1, 0.15) is 0 Å². The Morgan fingerprint density at radius 2 is 2.09 bits per heavy atom. The standard InChI is InChI=1S/C16H24N2O2S.ClH/c17-14-6-4-13(5-7-14)8-9-18-16(19)12-21-11-15-3-1-2-10-20-15;/h4-7,15H,1-3,8-12,17H2,(H,18,19);1H. The third-order valence-electron chi connectivity index (χ3n) is 3.53. The lowest BCUT2D eigenvalue weighted by Gasteiger charge is -2.21. The number of nitrogen functional groups attached to an aromatic ring is 1. The molecule has 0 aliphatic carbocycles. The highest BCUT2D eigenvalue weighted by molar-refractivity contribution is 7.99. The van der Waals surface area contributed by atoms with Gasteiger partial charge in [-0.2, -0.15) is 0 Å². The number of carbonyl (C=O) groups is 1. The van der Waals surface area contributed by atoms with E-state index in [1.165, 1.54) is 18.4 Å². The van der Waals surface area contributed by atoms with Crippen LogP contribution in [0.2, 0.25) is 0 Å². The zero-order valence-corrected chi connectivity index (χ0v) is 14.4. The minimum absolute atomic E-state index is 0. The van der Waals surface area contributed by atoms with Crippen LogP contribution in [0.15, 0.2) is 24.3 Å². The number of thioether (sulfide) groups is 1. The molecule has 1 aromatic carbocycles. The highest BCUT2D eigenvalue weighted by Gasteiger charge is 2.14. The molecule has 1 amide bonds. The SMILES string of the molecule is Cl.Nc1ccc(CCNC(=O)CSCC2CCCCO2)cc1. The number of halogens is 1. The van der Waals surface area contributed by atoms with Crippen molar-refractivity contribution in [2.45, 2.75) is 31.8 Å². The third kappa shape index (κ3) is 7.38. The first-order valence-corrected chi connectivity index (χ1v) is 8.70. The van der Waals surface area contributed by atoms with E-state index in [1.54, 1.807) is 11.8 Å². The predicted molar refractivity (Wildman–Crippen MR) is 95.7 cm³/mol. The number of anilines is 1. The number of rotatable bonds is 7. The minimum atomic E-state index is 0. The molecular weight excluding hydrogens is 320 g/mol. The summed E-state index contributed by atoms with van der Waals surface area (Å²) in [5.41, 5.74) is 7.59. The van der Waals surface area contributed by atoms with Crippen molar-refractivity contribution in [3.63, 3.8) is 0 Å². The van der Waals surface area contributed by atoms with E-state index in [-0.39, 0.29) is 18.3 Å². The Morgan fingerprint density at radius 1 is 1.32 bits per heavy atom. The largest absolute Gasteiger partial charge is 0.399 e. The minimum Gasteiger partial charge on any atom is -0.399 e. The Labute approximate surface area is 143 Å². The lowest BCUT2D eigenvalue weighted by atomic mass is 10.1. The second kappa shape index (κ2) is 10.8. The van der Waals surface area contributed by atoms with E-state index >= 15 is 0 Å². The van der Waals surface area contributed by atoms with Crippen molar-refractivity contribution in [1.29, 1.82) is 0 Å². The Bertz CT molecular complexity index is 436. The van der Waals surface area contributed by atoms with E-state index < -0.39 is 0 Å². The number of nitrogens with two attached hydrogens (primary N) is 1. The molecule has 0 radical (unpaired) electrons. The molecule has 1 heterocycles. The Morgan fingerprint density at radius 3 is 2.77 bits per heavy atom. The van der Waals surface area contributed by atoms with Crippen molar-refractivity contribution in [2.75, 3.05) is 30.4 Å². The normalized spacial score (nSPS) is 17.5. The first kappa shape index (κ1) is 19.1. The quantitative estimate of drug-likeness (QED) is 0.746. The molecular formula is C16H25ClN2O2S. The van der Waals surface area contributed by atoms with Gasteiger partial charge in [0.05, 0.1) is 11.9 Å². The van der Waals surface area contributed by atoms with E-state index in [2.05, 4.69) is 5.32 Å². The van der Waals surface area contributed by atoms with E-state index in [1.807, 2.05) is 24.3 Å². The van der Waals surface area contributed by atoms with Crippen molar-refractivity contribution in [2.24, 2.45) is 0 Å². The second-order valence-corrected chi connectivity index (χ2v) is 6.38. The second-order valence-electron chi connectivity index (χ2n) is 5.35. The topological polar surface area (TPSA) is 64.3 Å². The first-order chi connectivity index (χ1) is 10.2. The van der Waals surface area contributed by atoms with Crippen LogP contribution >= 0.6 is 24.2 Å². The molecule has 1 unspecified atom stereocenters. The van der Waals surface area contributed by atoms with Gasteiger partial charge in [0.2, 0.25) is 5.91 Å². The van der Waals surface area contributed by atoms with Crippen LogP contribution in [0.5, 0.6) is 0 Å². The van der Waals surface area contributed by atoms with Crippen molar-refractivity contribution in [1.82, 2.24) is 5.32 Å². The number of hydrogen-bond donors (Lipinski definition) is 2. The number of benzene rings is 1. The van der Waals surface area contributed by atoms with Gasteiger partial charge in [-0.1, -0.05) is 12.1 Å². The molecule has 4 nitrogen and oxygen atoms in total. The summed E-state index contributed by atoms with van der Waals surface area (Å²) < 4.78 is 5.65. The lowest BCUT2D eigenvalue weighted by Crippen LogP contribution is -2.28. The van der Waals surface area contributed by atoms with Gasteiger partial charge in [-0.15, -0.1) is 24.2 Å². The number of ether oxygens (including phenoxy) is 1. The maximum Gasteiger partial charge on any atom is 0.230 e. The molecule has 0 spiro atoms. The molecule has 22 heavy (non-hydrogen) atoms. The van der Waals surface area contributed by atoms with Gasteiger partial charge in [-0.05, 0) is 43.4 Å². The summed E-state index contributed by atoms with van der Waals surface area (Å²) in [6, 6.07) is 7.77. The molecule has 1 aromatic rings. The Hall–Kier alpha value is -0.910. The van der Waals surface area contributed by atoms with Gasteiger partial charge in [-0.25, -0.2) is 0 Å². The monoisotopic (exact) mass is 344 g/mol. The van der Waals surface area contributed by atoms with E-state index in [4.69, 9.17) is 10.5 Å². The average molecular weight is 345 g/mol. The van der Waals surface area contributed by atoms with Crippen LogP contribution in [0.4, 0.5) is 5.69 Å². The maximum atomic E-state index is 11.7. The zero-order valence-electron chi connectivity index (χ0n) is 12.8. The summed E-state index contributed by atoms with van der Waals surface area (Å²) in [5, 5.41) is 2.95. The molecule has 1 aliphatic rings. The molecule has 1 aliphatic heterocycles. The fourth-order valence-corrected chi connectivity index (χ4v) is 3.23. The van der Waals surface area contributed by atoms with Crippen LogP contribution in [0, 0.1) is 0 Å². The van der Waals surface area contributed by atoms with Gasteiger partial charge in [0, 0.05) is 24.6 Å². The summed E-state index contributed by atoms with van der Waals surface area (Å²) in [4.78, 5) is 11.7. The van der Waals surface area contributed by atoms with E-state index in [0.29, 0.717) is 18.4 Å². The third-order valence-corrected chi connectivity index (χ3v) is 4.60. The van der Waals surface area contributed by atoms with Crippen LogP contribution < -0.4 is 11.1 Å². The smallest absolute Gasteiger partial charge is 0.230 e. The van der Waals surface area contributed by atoms with Gasteiger partial charge in [0.15, 0.2) is 0 Å². The number of amides is 1.